The van der Waals surface area contributed by atoms with Gasteiger partial charge in [-0.05, 0) is 101 Å². The van der Waals surface area contributed by atoms with E-state index in [9.17, 15) is 0 Å². The SMILES string of the molecule is CC(C)(C)c1ccc2c(c1)Oc1cc(-c3c4ccccc4c(-c4ccccc4)c4ccccc34)cc3c1B2c1ccc(C(C)(C)C)cc1O3. The van der Waals surface area contributed by atoms with E-state index in [-0.39, 0.29) is 17.5 Å². The minimum absolute atomic E-state index is 0.000794. The molecular formula is C46H39BO2. The third-order valence-electron chi connectivity index (χ3n) is 10.5. The van der Waals surface area contributed by atoms with E-state index in [0.29, 0.717) is 0 Å². The van der Waals surface area contributed by atoms with Gasteiger partial charge in [-0.15, -0.1) is 0 Å². The highest BCUT2D eigenvalue weighted by molar-refractivity contribution is 6.98. The Morgan fingerprint density at radius 3 is 1.24 bits per heavy atom. The lowest BCUT2D eigenvalue weighted by atomic mass is 9.34. The van der Waals surface area contributed by atoms with Crippen LogP contribution in [0.15, 0.2) is 127 Å². The molecule has 2 heterocycles. The maximum absolute atomic E-state index is 6.95. The van der Waals surface area contributed by atoms with Crippen molar-refractivity contribution in [3.8, 4) is 45.3 Å². The zero-order valence-corrected chi connectivity index (χ0v) is 29.0. The van der Waals surface area contributed by atoms with Crippen molar-refractivity contribution in [1.82, 2.24) is 0 Å². The second kappa shape index (κ2) is 10.6. The fraction of sp³-hybridized carbons (Fsp3) is 0.174. The van der Waals surface area contributed by atoms with Gasteiger partial charge in [0.2, 0.25) is 0 Å². The molecule has 7 aromatic carbocycles. The van der Waals surface area contributed by atoms with E-state index in [1.807, 2.05) is 0 Å². The molecule has 0 bridgehead atoms. The van der Waals surface area contributed by atoms with Gasteiger partial charge in [-0.25, -0.2) is 0 Å². The second-order valence-electron chi connectivity index (χ2n) is 15.7. The zero-order valence-electron chi connectivity index (χ0n) is 29.0. The van der Waals surface area contributed by atoms with E-state index in [0.717, 1.165) is 34.0 Å². The summed E-state index contributed by atoms with van der Waals surface area (Å²) in [6, 6.07) is 46.5. The van der Waals surface area contributed by atoms with E-state index < -0.39 is 0 Å². The molecule has 2 aliphatic rings. The van der Waals surface area contributed by atoms with Crippen LogP contribution in [0.2, 0.25) is 0 Å². The summed E-state index contributed by atoms with van der Waals surface area (Å²) in [4.78, 5) is 0. The Kier molecular flexibility index (Phi) is 6.46. The van der Waals surface area contributed by atoms with Gasteiger partial charge in [-0.3, -0.25) is 0 Å². The first-order valence-electron chi connectivity index (χ1n) is 17.4. The summed E-state index contributed by atoms with van der Waals surface area (Å²) in [7, 11) is 0. The maximum atomic E-state index is 6.95. The molecule has 0 unspecified atom stereocenters. The molecule has 0 radical (unpaired) electrons. The summed E-state index contributed by atoms with van der Waals surface area (Å²) in [5, 5.41) is 4.88. The van der Waals surface area contributed by atoms with E-state index >= 15 is 0 Å². The molecule has 3 heteroatoms. The van der Waals surface area contributed by atoms with E-state index in [2.05, 4.69) is 169 Å². The molecule has 2 aliphatic heterocycles. The first-order chi connectivity index (χ1) is 23.6. The molecule has 238 valence electrons. The number of fused-ring (bicyclic) bond motifs is 6. The monoisotopic (exact) mass is 634 g/mol. The van der Waals surface area contributed by atoms with Crippen LogP contribution in [0.5, 0.6) is 23.0 Å². The third-order valence-corrected chi connectivity index (χ3v) is 10.5. The average Bonchev–Trinajstić information content (AvgIpc) is 3.09. The van der Waals surface area contributed by atoms with Crippen molar-refractivity contribution >= 4 is 44.6 Å². The van der Waals surface area contributed by atoms with Crippen LogP contribution in [0.3, 0.4) is 0 Å². The van der Waals surface area contributed by atoms with Gasteiger partial charge in [0, 0.05) is 5.46 Å². The van der Waals surface area contributed by atoms with Crippen LogP contribution in [0.25, 0.3) is 43.8 Å². The Labute approximate surface area is 289 Å². The Bertz CT molecular complexity index is 2320. The van der Waals surface area contributed by atoms with Crippen molar-refractivity contribution in [3.05, 3.63) is 139 Å². The highest BCUT2D eigenvalue weighted by atomic mass is 16.5. The van der Waals surface area contributed by atoms with Crippen molar-refractivity contribution in [1.29, 1.82) is 0 Å². The molecule has 7 aromatic rings. The summed E-state index contributed by atoms with van der Waals surface area (Å²) in [5.41, 5.74) is 10.7. The van der Waals surface area contributed by atoms with Gasteiger partial charge < -0.3 is 9.47 Å². The minimum Gasteiger partial charge on any atom is -0.458 e. The molecule has 0 aromatic heterocycles. The molecule has 0 amide bonds. The van der Waals surface area contributed by atoms with Crippen molar-refractivity contribution in [2.24, 2.45) is 0 Å². The molecule has 49 heavy (non-hydrogen) atoms. The van der Waals surface area contributed by atoms with Crippen LogP contribution < -0.4 is 25.9 Å². The topological polar surface area (TPSA) is 18.5 Å². The molecule has 0 atom stereocenters. The number of hydrogen-bond acceptors (Lipinski definition) is 2. The standard InChI is InChI=1S/C46H39BO2/c1-45(2,3)30-20-22-36-38(26-30)48-40-24-29(25-41-44(40)47(36)37-23-21-31(46(4,5)6)27-39(37)49-41)43-34-18-12-10-16-32(34)42(28-14-8-7-9-15-28)33-17-11-13-19-35(33)43/h7-27H,1-6H3. The Morgan fingerprint density at radius 1 is 0.408 bits per heavy atom. The number of benzene rings is 7. The highest BCUT2D eigenvalue weighted by Crippen LogP contribution is 2.46. The van der Waals surface area contributed by atoms with Crippen molar-refractivity contribution in [2.75, 3.05) is 0 Å². The fourth-order valence-corrected chi connectivity index (χ4v) is 7.93. The lowest BCUT2D eigenvalue weighted by Crippen LogP contribution is -2.57. The normalized spacial score (nSPS) is 13.4. The van der Waals surface area contributed by atoms with E-state index in [4.69, 9.17) is 9.47 Å². The molecule has 0 spiro atoms. The summed E-state index contributed by atoms with van der Waals surface area (Å²) in [6.45, 7) is 13.6. The predicted molar refractivity (Wildman–Crippen MR) is 207 cm³/mol. The lowest BCUT2D eigenvalue weighted by molar-refractivity contribution is 0.461. The Morgan fingerprint density at radius 2 is 0.816 bits per heavy atom. The first-order valence-corrected chi connectivity index (χ1v) is 17.4. The second-order valence-corrected chi connectivity index (χ2v) is 15.7. The summed E-state index contributed by atoms with van der Waals surface area (Å²) in [5.74, 6) is 3.58. The van der Waals surface area contributed by atoms with Crippen LogP contribution in [-0.2, 0) is 10.8 Å². The fourth-order valence-electron chi connectivity index (χ4n) is 7.93. The van der Waals surface area contributed by atoms with Gasteiger partial charge in [0.05, 0.1) is 0 Å². The molecule has 0 fully saturated rings. The van der Waals surface area contributed by atoms with E-state index in [1.165, 1.54) is 60.3 Å². The number of hydrogen-bond donors (Lipinski definition) is 0. The molecule has 0 aliphatic carbocycles. The quantitative estimate of drug-likeness (QED) is 0.139. The maximum Gasteiger partial charge on any atom is 0.260 e. The molecule has 0 saturated carbocycles. The summed E-state index contributed by atoms with van der Waals surface area (Å²) in [6.07, 6.45) is 0. The molecule has 0 N–H and O–H groups in total. The predicted octanol–water partition coefficient (Wildman–Crippen LogP) is 10.6. The smallest absolute Gasteiger partial charge is 0.260 e. The van der Waals surface area contributed by atoms with Gasteiger partial charge in [0.15, 0.2) is 0 Å². The zero-order chi connectivity index (χ0) is 33.7. The van der Waals surface area contributed by atoms with Gasteiger partial charge in [-0.1, -0.05) is 145 Å². The van der Waals surface area contributed by atoms with Crippen molar-refractivity contribution < 1.29 is 9.47 Å². The van der Waals surface area contributed by atoms with Gasteiger partial charge in [0.25, 0.3) is 6.71 Å². The minimum atomic E-state index is -0.000794. The Balaban J connectivity index is 1.33. The van der Waals surface area contributed by atoms with Crippen molar-refractivity contribution in [2.45, 2.75) is 52.4 Å². The van der Waals surface area contributed by atoms with Gasteiger partial charge in [-0.2, -0.15) is 0 Å². The molecule has 2 nitrogen and oxygen atoms in total. The molecule has 0 saturated heterocycles. The van der Waals surface area contributed by atoms with Crippen LogP contribution in [0, 0.1) is 0 Å². The van der Waals surface area contributed by atoms with Gasteiger partial charge >= 0.3 is 0 Å². The van der Waals surface area contributed by atoms with Crippen LogP contribution in [-0.4, -0.2) is 6.71 Å². The molecular weight excluding hydrogens is 595 g/mol. The average molecular weight is 635 g/mol. The van der Waals surface area contributed by atoms with E-state index in [1.54, 1.807) is 0 Å². The summed E-state index contributed by atoms with van der Waals surface area (Å²) >= 11 is 0. The van der Waals surface area contributed by atoms with Crippen molar-refractivity contribution in [3.63, 3.8) is 0 Å². The van der Waals surface area contributed by atoms with Crippen LogP contribution in [0.4, 0.5) is 0 Å². The van der Waals surface area contributed by atoms with Crippen LogP contribution in [0.1, 0.15) is 52.7 Å². The number of rotatable bonds is 2. The highest BCUT2D eigenvalue weighted by Gasteiger charge is 2.41. The largest absolute Gasteiger partial charge is 0.458 e. The Hall–Kier alpha value is -5.28. The molecule has 9 rings (SSSR count). The first kappa shape index (κ1) is 29.8. The lowest BCUT2D eigenvalue weighted by Gasteiger charge is -2.35. The van der Waals surface area contributed by atoms with Crippen LogP contribution >= 0.6 is 0 Å². The van der Waals surface area contributed by atoms with Gasteiger partial charge in [0.1, 0.15) is 23.0 Å². The number of ether oxygens (including phenoxy) is 2. The summed E-state index contributed by atoms with van der Waals surface area (Å²) < 4.78 is 13.9. The third kappa shape index (κ3) is 4.70.